The van der Waals surface area contributed by atoms with Gasteiger partial charge in [0, 0.05) is 18.7 Å². The lowest BCUT2D eigenvalue weighted by molar-refractivity contribution is -0.147. The van der Waals surface area contributed by atoms with Gasteiger partial charge in [-0.15, -0.1) is 0 Å². The van der Waals surface area contributed by atoms with E-state index in [0.29, 0.717) is 5.56 Å². The standard InChI is InChI=1S/C16H16ClNO5S/c1-23-15(16(19)20)10-18-24(21,22)14-8-12(7-13(17)9-14)11-5-3-2-4-6-11/h2-9,15,18H,10H2,1H3,(H,19,20)/t15-/m0/s1. The van der Waals surface area contributed by atoms with E-state index in [2.05, 4.69) is 4.72 Å². The van der Waals surface area contributed by atoms with Gasteiger partial charge >= 0.3 is 5.97 Å². The molecule has 0 radical (unpaired) electrons. The first-order valence-corrected chi connectivity index (χ1v) is 8.81. The van der Waals surface area contributed by atoms with E-state index in [1.165, 1.54) is 19.2 Å². The number of hydrogen-bond acceptors (Lipinski definition) is 4. The molecule has 2 aromatic carbocycles. The number of nitrogens with one attached hydrogen (secondary N) is 1. The van der Waals surface area contributed by atoms with Crippen molar-refractivity contribution in [3.05, 3.63) is 53.6 Å². The summed E-state index contributed by atoms with van der Waals surface area (Å²) >= 11 is 6.04. The van der Waals surface area contributed by atoms with Crippen LogP contribution >= 0.6 is 11.6 Å². The number of sulfonamides is 1. The van der Waals surface area contributed by atoms with Crippen molar-refractivity contribution in [1.82, 2.24) is 4.72 Å². The summed E-state index contributed by atoms with van der Waals surface area (Å²) < 4.78 is 31.7. The van der Waals surface area contributed by atoms with Gasteiger partial charge in [-0.1, -0.05) is 41.9 Å². The van der Waals surface area contributed by atoms with E-state index in [1.807, 2.05) is 30.3 Å². The molecule has 0 unspecified atom stereocenters. The van der Waals surface area contributed by atoms with Crippen LogP contribution in [0.25, 0.3) is 11.1 Å². The maximum absolute atomic E-state index is 12.4. The molecule has 2 N–H and O–H groups in total. The highest BCUT2D eigenvalue weighted by atomic mass is 35.5. The Labute approximate surface area is 145 Å². The Morgan fingerprint density at radius 3 is 2.46 bits per heavy atom. The lowest BCUT2D eigenvalue weighted by Gasteiger charge is -2.13. The van der Waals surface area contributed by atoms with E-state index in [1.54, 1.807) is 6.07 Å². The molecule has 128 valence electrons. The van der Waals surface area contributed by atoms with Gasteiger partial charge in [-0.2, -0.15) is 0 Å². The van der Waals surface area contributed by atoms with E-state index in [9.17, 15) is 13.2 Å². The van der Waals surface area contributed by atoms with Crippen molar-refractivity contribution in [2.24, 2.45) is 0 Å². The third-order valence-corrected chi connectivity index (χ3v) is 4.93. The largest absolute Gasteiger partial charge is 0.479 e. The fourth-order valence-electron chi connectivity index (χ4n) is 2.06. The fraction of sp³-hybridized carbons (Fsp3) is 0.188. The third kappa shape index (κ3) is 4.55. The Kier molecular flexibility index (Phi) is 5.95. The summed E-state index contributed by atoms with van der Waals surface area (Å²) in [4.78, 5) is 10.8. The molecule has 1 atom stereocenters. The van der Waals surface area contributed by atoms with Gasteiger partial charge in [-0.05, 0) is 29.3 Å². The molecular formula is C16H16ClNO5S. The average Bonchev–Trinajstić information content (AvgIpc) is 2.55. The number of benzene rings is 2. The zero-order valence-corrected chi connectivity index (χ0v) is 14.3. The minimum atomic E-state index is -3.93. The van der Waals surface area contributed by atoms with E-state index in [0.717, 1.165) is 5.56 Å². The number of methoxy groups -OCH3 is 1. The first kappa shape index (κ1) is 18.4. The van der Waals surface area contributed by atoms with Crippen molar-refractivity contribution in [3.8, 4) is 11.1 Å². The van der Waals surface area contributed by atoms with E-state index in [-0.39, 0.29) is 16.5 Å². The van der Waals surface area contributed by atoms with Gasteiger partial charge in [0.05, 0.1) is 4.90 Å². The number of ether oxygens (including phenoxy) is 1. The Morgan fingerprint density at radius 1 is 1.21 bits per heavy atom. The van der Waals surface area contributed by atoms with Crippen molar-refractivity contribution in [3.63, 3.8) is 0 Å². The predicted octanol–water partition coefficient (Wildman–Crippen LogP) is 2.38. The van der Waals surface area contributed by atoms with Crippen LogP contribution in [0.15, 0.2) is 53.4 Å². The minimum absolute atomic E-state index is 0.0471. The van der Waals surface area contributed by atoms with Crippen LogP contribution in [-0.2, 0) is 19.6 Å². The van der Waals surface area contributed by atoms with Crippen LogP contribution in [-0.4, -0.2) is 39.3 Å². The third-order valence-electron chi connectivity index (χ3n) is 3.31. The lowest BCUT2D eigenvalue weighted by Crippen LogP contribution is -2.37. The van der Waals surface area contributed by atoms with Crippen molar-refractivity contribution >= 4 is 27.6 Å². The summed E-state index contributed by atoms with van der Waals surface area (Å²) in [5.41, 5.74) is 1.46. The molecule has 0 spiro atoms. The molecule has 0 amide bonds. The predicted molar refractivity (Wildman–Crippen MR) is 90.5 cm³/mol. The molecule has 0 aliphatic heterocycles. The van der Waals surface area contributed by atoms with Crippen LogP contribution in [0, 0.1) is 0 Å². The first-order chi connectivity index (χ1) is 11.3. The molecule has 0 fully saturated rings. The number of carbonyl (C=O) groups is 1. The molecule has 0 aromatic heterocycles. The van der Waals surface area contributed by atoms with Gasteiger partial charge < -0.3 is 9.84 Å². The number of carboxylic acids is 1. The van der Waals surface area contributed by atoms with Gasteiger partial charge in [0.15, 0.2) is 6.10 Å². The number of rotatable bonds is 7. The Morgan fingerprint density at radius 2 is 1.88 bits per heavy atom. The number of carboxylic acid groups (broad SMARTS) is 1. The summed E-state index contributed by atoms with van der Waals surface area (Å²) in [6.45, 7) is -0.388. The Balaban J connectivity index is 2.30. The second kappa shape index (κ2) is 7.76. The summed E-state index contributed by atoms with van der Waals surface area (Å²) in [5, 5.41) is 9.16. The summed E-state index contributed by atoms with van der Waals surface area (Å²) in [5.74, 6) is -1.25. The maximum Gasteiger partial charge on any atom is 0.334 e. The Hall–Kier alpha value is -1.93. The van der Waals surface area contributed by atoms with Crippen molar-refractivity contribution in [1.29, 1.82) is 0 Å². The normalized spacial score (nSPS) is 12.8. The minimum Gasteiger partial charge on any atom is -0.479 e. The zero-order chi connectivity index (χ0) is 17.7. The monoisotopic (exact) mass is 369 g/mol. The molecule has 2 rings (SSSR count). The highest BCUT2D eigenvalue weighted by Crippen LogP contribution is 2.26. The second-order valence-corrected chi connectivity index (χ2v) is 7.16. The maximum atomic E-state index is 12.4. The SMILES string of the molecule is CO[C@@H](CNS(=O)(=O)c1cc(Cl)cc(-c2ccccc2)c1)C(=O)O. The van der Waals surface area contributed by atoms with Gasteiger partial charge in [0.2, 0.25) is 10.0 Å². The van der Waals surface area contributed by atoms with E-state index >= 15 is 0 Å². The smallest absolute Gasteiger partial charge is 0.334 e. The molecule has 0 saturated heterocycles. The molecule has 2 aromatic rings. The summed E-state index contributed by atoms with van der Waals surface area (Å²) in [6, 6.07) is 13.6. The molecule has 0 bridgehead atoms. The first-order valence-electron chi connectivity index (χ1n) is 6.95. The topological polar surface area (TPSA) is 92.7 Å². The van der Waals surface area contributed by atoms with E-state index < -0.39 is 22.1 Å². The quantitative estimate of drug-likeness (QED) is 0.781. The van der Waals surface area contributed by atoms with Crippen LogP contribution in [0.4, 0.5) is 0 Å². The fourth-order valence-corrected chi connectivity index (χ4v) is 3.46. The van der Waals surface area contributed by atoms with Crippen LogP contribution in [0.3, 0.4) is 0 Å². The van der Waals surface area contributed by atoms with E-state index in [4.69, 9.17) is 21.4 Å². The zero-order valence-electron chi connectivity index (χ0n) is 12.8. The van der Waals surface area contributed by atoms with Crippen molar-refractivity contribution in [2.45, 2.75) is 11.0 Å². The summed E-state index contributed by atoms with van der Waals surface area (Å²) in [6.07, 6.45) is -1.27. The molecule has 0 aliphatic rings. The number of halogens is 1. The van der Waals surface area contributed by atoms with Crippen LogP contribution in [0.2, 0.25) is 5.02 Å². The number of hydrogen-bond donors (Lipinski definition) is 2. The molecule has 8 heteroatoms. The Bertz CT molecular complexity index is 824. The van der Waals surface area contributed by atoms with Gasteiger partial charge in [-0.3, -0.25) is 0 Å². The van der Waals surface area contributed by atoms with Crippen LogP contribution < -0.4 is 4.72 Å². The highest BCUT2D eigenvalue weighted by molar-refractivity contribution is 7.89. The lowest BCUT2D eigenvalue weighted by atomic mass is 10.1. The van der Waals surface area contributed by atoms with Gasteiger partial charge in [-0.25, -0.2) is 17.9 Å². The molecule has 0 saturated carbocycles. The molecule has 0 heterocycles. The molecule has 24 heavy (non-hydrogen) atoms. The van der Waals surface area contributed by atoms with Crippen molar-refractivity contribution in [2.75, 3.05) is 13.7 Å². The van der Waals surface area contributed by atoms with Crippen molar-refractivity contribution < 1.29 is 23.1 Å². The second-order valence-electron chi connectivity index (χ2n) is 4.96. The average molecular weight is 370 g/mol. The van der Waals surface area contributed by atoms with Crippen LogP contribution in [0.5, 0.6) is 0 Å². The summed E-state index contributed by atoms with van der Waals surface area (Å²) in [7, 11) is -2.74. The molecule has 0 aliphatic carbocycles. The number of aliphatic carboxylic acids is 1. The van der Waals surface area contributed by atoms with Gasteiger partial charge in [0.1, 0.15) is 0 Å². The van der Waals surface area contributed by atoms with Crippen LogP contribution in [0.1, 0.15) is 0 Å². The molecular weight excluding hydrogens is 354 g/mol. The van der Waals surface area contributed by atoms with Gasteiger partial charge in [0.25, 0.3) is 0 Å². The highest BCUT2D eigenvalue weighted by Gasteiger charge is 2.22. The molecule has 6 nitrogen and oxygen atoms in total.